The maximum atomic E-state index is 5.22. The van der Waals surface area contributed by atoms with Crippen LogP contribution in [0.15, 0.2) is 30.3 Å². The molecule has 0 aliphatic heterocycles. The van der Waals surface area contributed by atoms with Crippen molar-refractivity contribution in [1.29, 1.82) is 0 Å². The van der Waals surface area contributed by atoms with Gasteiger partial charge in [-0.2, -0.15) is 0 Å². The molecule has 1 aromatic rings. The Kier molecular flexibility index (Phi) is 8.02. The Labute approximate surface area is 112 Å². The van der Waals surface area contributed by atoms with Crippen LogP contribution in [0.3, 0.4) is 0 Å². The predicted octanol–water partition coefficient (Wildman–Crippen LogP) is -0.660. The molecule has 0 aliphatic carbocycles. The van der Waals surface area contributed by atoms with E-state index in [0.717, 1.165) is 13.2 Å². The molecule has 0 aliphatic rings. The van der Waals surface area contributed by atoms with Crippen molar-refractivity contribution in [2.24, 2.45) is 0 Å². The Balaban J connectivity index is 0. The topological polar surface area (TPSA) is 9.23 Å². The van der Waals surface area contributed by atoms with Gasteiger partial charge in [0.25, 0.3) is 0 Å². The zero-order valence-electron chi connectivity index (χ0n) is 8.21. The van der Waals surface area contributed by atoms with Crippen LogP contribution in [0.5, 0.6) is 0 Å². The average molecular weight is 176 g/mol. The molecule has 0 fully saturated rings. The first-order chi connectivity index (χ1) is 4.93. The molecule has 0 aromatic heterocycles. The fourth-order valence-corrected chi connectivity index (χ4v) is 0.794. The fourth-order valence-electron chi connectivity index (χ4n) is 0.794. The van der Waals surface area contributed by atoms with Crippen molar-refractivity contribution in [1.82, 2.24) is 0 Å². The van der Waals surface area contributed by atoms with E-state index in [1.54, 1.807) is 0 Å². The van der Waals surface area contributed by atoms with Gasteiger partial charge in [0.1, 0.15) is 0 Å². The monoisotopic (exact) mass is 176 g/mol. The van der Waals surface area contributed by atoms with E-state index >= 15 is 0 Å². The molecule has 1 rings (SSSR count). The second-order valence-electron chi connectivity index (χ2n) is 2.12. The van der Waals surface area contributed by atoms with Gasteiger partial charge < -0.3 is 6.16 Å². The van der Waals surface area contributed by atoms with Crippen molar-refractivity contribution in [2.45, 2.75) is 13.5 Å². The summed E-state index contributed by atoms with van der Waals surface area (Å²) in [6.45, 7) is 3.52. The number of hydrogen-bond donors (Lipinski definition) is 0. The Morgan fingerprint density at radius 3 is 2.45 bits per heavy atom. The third-order valence-electron chi connectivity index (χ3n) is 1.32. The van der Waals surface area contributed by atoms with Crippen molar-refractivity contribution in [3.8, 4) is 0 Å². The molecule has 0 saturated heterocycles. The van der Waals surface area contributed by atoms with E-state index in [2.05, 4.69) is 12.1 Å². The zero-order chi connectivity index (χ0) is 7.23. The molecule has 1 aromatic carbocycles. The number of benzene rings is 1. The van der Waals surface area contributed by atoms with Gasteiger partial charge in [-0.25, -0.2) is 0 Å². The SMILES string of the molecule is CCOCc1ccccc1.[H-].[K+]. The average Bonchev–Trinajstić information content (AvgIpc) is 2.03. The molecule has 0 atom stereocenters. The summed E-state index contributed by atoms with van der Waals surface area (Å²) in [7, 11) is 0. The van der Waals surface area contributed by atoms with E-state index in [1.807, 2.05) is 25.1 Å². The summed E-state index contributed by atoms with van der Waals surface area (Å²) in [6.07, 6.45) is 0. The third kappa shape index (κ3) is 5.12. The van der Waals surface area contributed by atoms with Crippen LogP contribution in [0.1, 0.15) is 13.9 Å². The van der Waals surface area contributed by atoms with E-state index in [4.69, 9.17) is 4.74 Å². The molecular formula is C9H13KO. The normalized spacial score (nSPS) is 8.82. The van der Waals surface area contributed by atoms with Gasteiger partial charge in [0.05, 0.1) is 6.61 Å². The standard InChI is InChI=1S/C9H12O.K.H/c1-2-10-8-9-6-4-3-5-7-9;;/h3-7H,2,8H2,1H3;;/q;+1;-1. The number of rotatable bonds is 3. The maximum absolute atomic E-state index is 5.22. The number of hydrogen-bond acceptors (Lipinski definition) is 1. The Morgan fingerprint density at radius 2 is 1.91 bits per heavy atom. The van der Waals surface area contributed by atoms with Crippen LogP contribution in [0.25, 0.3) is 0 Å². The second-order valence-corrected chi connectivity index (χ2v) is 2.12. The molecule has 0 unspecified atom stereocenters. The zero-order valence-corrected chi connectivity index (χ0v) is 10.3. The van der Waals surface area contributed by atoms with Gasteiger partial charge in [-0.05, 0) is 12.5 Å². The van der Waals surface area contributed by atoms with Crippen LogP contribution < -0.4 is 51.4 Å². The van der Waals surface area contributed by atoms with E-state index in [-0.39, 0.29) is 52.8 Å². The number of ether oxygens (including phenoxy) is 1. The summed E-state index contributed by atoms with van der Waals surface area (Å²) in [5.41, 5.74) is 1.24. The molecule has 1 nitrogen and oxygen atoms in total. The van der Waals surface area contributed by atoms with Gasteiger partial charge in [-0.3, -0.25) is 0 Å². The summed E-state index contributed by atoms with van der Waals surface area (Å²) in [5.74, 6) is 0. The minimum atomic E-state index is 0. The maximum Gasteiger partial charge on any atom is 1.00 e. The molecule has 0 heterocycles. The first-order valence-corrected chi connectivity index (χ1v) is 3.55. The van der Waals surface area contributed by atoms with Gasteiger partial charge in [0, 0.05) is 6.61 Å². The van der Waals surface area contributed by atoms with Gasteiger partial charge in [0.2, 0.25) is 0 Å². The molecule has 2 heteroatoms. The minimum Gasteiger partial charge on any atom is -1.00 e. The minimum absolute atomic E-state index is 0. The molecule has 0 saturated carbocycles. The molecule has 0 amide bonds. The van der Waals surface area contributed by atoms with Crippen LogP contribution in [0.2, 0.25) is 0 Å². The van der Waals surface area contributed by atoms with Crippen LogP contribution in [-0.2, 0) is 11.3 Å². The third-order valence-corrected chi connectivity index (χ3v) is 1.32. The van der Waals surface area contributed by atoms with Crippen LogP contribution >= 0.6 is 0 Å². The Morgan fingerprint density at radius 1 is 1.27 bits per heavy atom. The van der Waals surface area contributed by atoms with Crippen LogP contribution in [0.4, 0.5) is 0 Å². The van der Waals surface area contributed by atoms with Gasteiger partial charge in [0.15, 0.2) is 0 Å². The Hall–Kier alpha value is 0.816. The largest absolute Gasteiger partial charge is 1.00 e. The summed E-state index contributed by atoms with van der Waals surface area (Å²) < 4.78 is 5.22. The van der Waals surface area contributed by atoms with Crippen molar-refractivity contribution in [3.63, 3.8) is 0 Å². The van der Waals surface area contributed by atoms with Crippen molar-refractivity contribution < 1.29 is 57.5 Å². The van der Waals surface area contributed by atoms with Crippen molar-refractivity contribution >= 4 is 0 Å². The molecule has 11 heavy (non-hydrogen) atoms. The fraction of sp³-hybridized carbons (Fsp3) is 0.333. The summed E-state index contributed by atoms with van der Waals surface area (Å²) >= 11 is 0. The first kappa shape index (κ1) is 11.8. The molecule has 0 spiro atoms. The smallest absolute Gasteiger partial charge is 1.00 e. The molecule has 0 N–H and O–H groups in total. The first-order valence-electron chi connectivity index (χ1n) is 3.55. The molecule has 0 radical (unpaired) electrons. The Bertz CT molecular complexity index is 179. The van der Waals surface area contributed by atoms with Crippen LogP contribution in [0, 0.1) is 0 Å². The van der Waals surface area contributed by atoms with E-state index in [1.165, 1.54) is 5.56 Å². The van der Waals surface area contributed by atoms with Crippen molar-refractivity contribution in [2.75, 3.05) is 6.61 Å². The van der Waals surface area contributed by atoms with E-state index in [0.29, 0.717) is 0 Å². The van der Waals surface area contributed by atoms with E-state index < -0.39 is 0 Å². The predicted molar refractivity (Wildman–Crippen MR) is 42.9 cm³/mol. The summed E-state index contributed by atoms with van der Waals surface area (Å²) in [4.78, 5) is 0. The summed E-state index contributed by atoms with van der Waals surface area (Å²) in [6, 6.07) is 10.2. The second kappa shape index (κ2) is 7.46. The van der Waals surface area contributed by atoms with Gasteiger partial charge in [-0.1, -0.05) is 30.3 Å². The van der Waals surface area contributed by atoms with Gasteiger partial charge in [-0.15, -0.1) is 0 Å². The van der Waals surface area contributed by atoms with Crippen LogP contribution in [-0.4, -0.2) is 6.61 Å². The quantitative estimate of drug-likeness (QED) is 0.556. The van der Waals surface area contributed by atoms with E-state index in [9.17, 15) is 0 Å². The summed E-state index contributed by atoms with van der Waals surface area (Å²) in [5, 5.41) is 0. The molecular weight excluding hydrogens is 163 g/mol. The van der Waals surface area contributed by atoms with Gasteiger partial charge >= 0.3 is 51.4 Å². The molecule has 56 valence electrons. The van der Waals surface area contributed by atoms with Crippen molar-refractivity contribution in [3.05, 3.63) is 35.9 Å². The molecule has 0 bridgehead atoms.